The molecule has 0 aliphatic heterocycles. The monoisotopic (exact) mass is 392 g/mol. The lowest BCUT2D eigenvalue weighted by Crippen LogP contribution is -2.32. The van der Waals surface area contributed by atoms with Crippen molar-refractivity contribution in [3.8, 4) is 16.9 Å². The molecule has 0 aliphatic rings. The number of benzene rings is 3. The van der Waals surface area contributed by atoms with Gasteiger partial charge in [-0.2, -0.15) is 0 Å². The average molecular weight is 392 g/mol. The second-order valence-electron chi connectivity index (χ2n) is 6.73. The number of carbonyl (C=O) groups is 1. The topological polar surface area (TPSA) is 41.6 Å². The van der Waals surface area contributed by atoms with Crippen LogP contribution in [0.25, 0.3) is 11.1 Å². The SMILES string of the molecule is CCN(CC(=O)Nc1ccccc1-c1ccccc1)Cc1ccc(OC)c(F)c1. The van der Waals surface area contributed by atoms with Gasteiger partial charge in [0.05, 0.1) is 13.7 Å². The summed E-state index contributed by atoms with van der Waals surface area (Å²) in [7, 11) is 1.44. The summed E-state index contributed by atoms with van der Waals surface area (Å²) in [4.78, 5) is 14.6. The van der Waals surface area contributed by atoms with Crippen LogP contribution in [0.3, 0.4) is 0 Å². The molecular weight excluding hydrogens is 367 g/mol. The van der Waals surface area contributed by atoms with Gasteiger partial charge in [-0.25, -0.2) is 4.39 Å². The predicted octanol–water partition coefficient (Wildman–Crippen LogP) is 4.96. The number of nitrogens with one attached hydrogen (secondary N) is 1. The molecule has 0 fully saturated rings. The van der Waals surface area contributed by atoms with E-state index in [1.54, 1.807) is 6.07 Å². The summed E-state index contributed by atoms with van der Waals surface area (Å²) < 4.78 is 18.9. The minimum atomic E-state index is -0.401. The van der Waals surface area contributed by atoms with E-state index >= 15 is 0 Å². The Morgan fingerprint density at radius 2 is 1.76 bits per heavy atom. The highest BCUT2D eigenvalue weighted by Crippen LogP contribution is 2.27. The maximum atomic E-state index is 13.9. The number of rotatable bonds is 8. The molecule has 5 heteroatoms. The van der Waals surface area contributed by atoms with Gasteiger partial charge in [-0.05, 0) is 35.9 Å². The van der Waals surface area contributed by atoms with E-state index in [4.69, 9.17) is 4.74 Å². The van der Waals surface area contributed by atoms with Gasteiger partial charge in [0.1, 0.15) is 0 Å². The first kappa shape index (κ1) is 20.6. The molecule has 0 aromatic heterocycles. The summed E-state index contributed by atoms with van der Waals surface area (Å²) in [6.07, 6.45) is 0. The van der Waals surface area contributed by atoms with Crippen molar-refractivity contribution < 1.29 is 13.9 Å². The molecule has 150 valence electrons. The molecule has 0 heterocycles. The molecule has 4 nitrogen and oxygen atoms in total. The van der Waals surface area contributed by atoms with Gasteiger partial charge in [0.2, 0.25) is 5.91 Å². The molecule has 1 amide bonds. The Balaban J connectivity index is 1.68. The van der Waals surface area contributed by atoms with E-state index in [0.29, 0.717) is 13.1 Å². The van der Waals surface area contributed by atoms with Gasteiger partial charge in [0.15, 0.2) is 11.6 Å². The van der Waals surface area contributed by atoms with E-state index in [1.807, 2.05) is 72.5 Å². The van der Waals surface area contributed by atoms with E-state index in [1.165, 1.54) is 13.2 Å². The van der Waals surface area contributed by atoms with Gasteiger partial charge in [-0.3, -0.25) is 9.69 Å². The number of ether oxygens (including phenoxy) is 1. The number of anilines is 1. The van der Waals surface area contributed by atoms with Crippen molar-refractivity contribution in [3.63, 3.8) is 0 Å². The zero-order valence-electron chi connectivity index (χ0n) is 16.7. The minimum absolute atomic E-state index is 0.107. The molecule has 3 aromatic rings. The fraction of sp³-hybridized carbons (Fsp3) is 0.208. The maximum Gasteiger partial charge on any atom is 0.238 e. The largest absolute Gasteiger partial charge is 0.494 e. The van der Waals surface area contributed by atoms with Crippen molar-refractivity contribution in [1.29, 1.82) is 0 Å². The highest BCUT2D eigenvalue weighted by molar-refractivity contribution is 5.96. The number of nitrogens with zero attached hydrogens (tertiary/aromatic N) is 1. The smallest absolute Gasteiger partial charge is 0.238 e. The number of hydrogen-bond donors (Lipinski definition) is 1. The van der Waals surface area contributed by atoms with Gasteiger partial charge in [-0.1, -0.05) is 61.5 Å². The molecule has 0 radical (unpaired) electrons. The van der Waals surface area contributed by atoms with Crippen LogP contribution in [0, 0.1) is 5.82 Å². The molecule has 1 N–H and O–H groups in total. The highest BCUT2D eigenvalue weighted by atomic mass is 19.1. The second kappa shape index (κ2) is 9.85. The van der Waals surface area contributed by atoms with Crippen LogP contribution >= 0.6 is 0 Å². The third kappa shape index (κ3) is 5.42. The van der Waals surface area contributed by atoms with Crippen molar-refractivity contribution in [1.82, 2.24) is 4.90 Å². The van der Waals surface area contributed by atoms with Crippen LogP contribution in [0.15, 0.2) is 72.8 Å². The molecule has 0 bridgehead atoms. The first-order valence-electron chi connectivity index (χ1n) is 9.59. The lowest BCUT2D eigenvalue weighted by molar-refractivity contribution is -0.117. The third-order valence-corrected chi connectivity index (χ3v) is 4.72. The highest BCUT2D eigenvalue weighted by Gasteiger charge is 2.13. The van der Waals surface area contributed by atoms with Gasteiger partial charge in [0, 0.05) is 17.8 Å². The van der Waals surface area contributed by atoms with Crippen LogP contribution in [0.1, 0.15) is 12.5 Å². The van der Waals surface area contributed by atoms with E-state index in [0.717, 1.165) is 22.4 Å². The Bertz CT molecular complexity index is 960. The molecular formula is C24H25FN2O2. The number of amides is 1. The quantitative estimate of drug-likeness (QED) is 0.589. The molecule has 0 aliphatic carbocycles. The molecule has 0 atom stereocenters. The molecule has 29 heavy (non-hydrogen) atoms. The summed E-state index contributed by atoms with van der Waals surface area (Å²) in [5, 5.41) is 3.01. The van der Waals surface area contributed by atoms with Crippen molar-refractivity contribution in [3.05, 3.63) is 84.2 Å². The molecule has 3 rings (SSSR count). The van der Waals surface area contributed by atoms with Crippen molar-refractivity contribution in [2.24, 2.45) is 0 Å². The van der Waals surface area contributed by atoms with Crippen molar-refractivity contribution in [2.45, 2.75) is 13.5 Å². The van der Waals surface area contributed by atoms with Gasteiger partial charge in [0.25, 0.3) is 0 Å². The number of methoxy groups -OCH3 is 1. The van der Waals surface area contributed by atoms with Gasteiger partial charge >= 0.3 is 0 Å². The fourth-order valence-electron chi connectivity index (χ4n) is 3.20. The number of hydrogen-bond acceptors (Lipinski definition) is 3. The molecule has 0 saturated heterocycles. The zero-order chi connectivity index (χ0) is 20.6. The molecule has 0 spiro atoms. The van der Waals surface area contributed by atoms with Crippen molar-refractivity contribution >= 4 is 11.6 Å². The number of para-hydroxylation sites is 1. The van der Waals surface area contributed by atoms with Crippen LogP contribution in [-0.2, 0) is 11.3 Å². The Labute approximate surface area is 170 Å². The van der Waals surface area contributed by atoms with Gasteiger partial charge < -0.3 is 10.1 Å². The van der Waals surface area contributed by atoms with Crippen LogP contribution in [0.5, 0.6) is 5.75 Å². The predicted molar refractivity (Wildman–Crippen MR) is 114 cm³/mol. The summed E-state index contributed by atoms with van der Waals surface area (Å²) in [6, 6.07) is 22.6. The van der Waals surface area contributed by atoms with Crippen molar-refractivity contribution in [2.75, 3.05) is 25.5 Å². The van der Waals surface area contributed by atoms with E-state index < -0.39 is 5.82 Å². The fourth-order valence-corrected chi connectivity index (χ4v) is 3.20. The van der Waals surface area contributed by atoms with Crippen LogP contribution in [0.4, 0.5) is 10.1 Å². The molecule has 3 aromatic carbocycles. The number of likely N-dealkylation sites (N-methyl/N-ethyl adjacent to an activating group) is 1. The summed E-state index contributed by atoms with van der Waals surface area (Å²) in [5.41, 5.74) is 3.59. The molecule has 0 unspecified atom stereocenters. The van der Waals surface area contributed by atoms with Crippen LogP contribution < -0.4 is 10.1 Å². The van der Waals surface area contributed by atoms with E-state index in [-0.39, 0.29) is 18.2 Å². The lowest BCUT2D eigenvalue weighted by Gasteiger charge is -2.21. The third-order valence-electron chi connectivity index (χ3n) is 4.72. The standard InChI is InChI=1S/C24H25FN2O2/c1-3-27(16-18-13-14-23(29-2)21(25)15-18)17-24(28)26-22-12-8-7-11-20(22)19-9-5-4-6-10-19/h4-15H,3,16-17H2,1-2H3,(H,26,28). The van der Waals surface area contributed by atoms with Crippen LogP contribution in [0.2, 0.25) is 0 Å². The zero-order valence-corrected chi connectivity index (χ0v) is 16.7. The first-order chi connectivity index (χ1) is 14.1. The average Bonchev–Trinajstić information content (AvgIpc) is 2.74. The molecule has 0 saturated carbocycles. The van der Waals surface area contributed by atoms with E-state index in [2.05, 4.69) is 5.32 Å². The Morgan fingerprint density at radius 1 is 1.03 bits per heavy atom. The minimum Gasteiger partial charge on any atom is -0.494 e. The Morgan fingerprint density at radius 3 is 2.45 bits per heavy atom. The normalized spacial score (nSPS) is 10.8. The lowest BCUT2D eigenvalue weighted by atomic mass is 10.0. The summed E-state index contributed by atoms with van der Waals surface area (Å²) in [5.74, 6) is -0.293. The second-order valence-corrected chi connectivity index (χ2v) is 6.73. The summed E-state index contributed by atoms with van der Waals surface area (Å²) in [6.45, 7) is 3.34. The maximum absolute atomic E-state index is 13.9. The first-order valence-corrected chi connectivity index (χ1v) is 9.59. The summed E-state index contributed by atoms with van der Waals surface area (Å²) >= 11 is 0. The number of halogens is 1. The Kier molecular flexibility index (Phi) is 6.98. The van der Waals surface area contributed by atoms with Crippen LogP contribution in [-0.4, -0.2) is 31.0 Å². The van der Waals surface area contributed by atoms with E-state index in [9.17, 15) is 9.18 Å². The van der Waals surface area contributed by atoms with Gasteiger partial charge in [-0.15, -0.1) is 0 Å². The Hall–Kier alpha value is -3.18. The number of carbonyl (C=O) groups excluding carboxylic acids is 1.